The first-order chi connectivity index (χ1) is 12.1. The molecule has 0 amide bonds. The number of hydrogen-bond donors (Lipinski definition) is 0. The molecular weight excluding hydrogens is 321 g/mol. The van der Waals surface area contributed by atoms with Gasteiger partial charge in [0.25, 0.3) is 0 Å². The van der Waals surface area contributed by atoms with Crippen LogP contribution in [0.2, 0.25) is 0 Å². The zero-order valence-electron chi connectivity index (χ0n) is 15.4. The van der Waals surface area contributed by atoms with Crippen LogP contribution < -0.4 is 0 Å². The van der Waals surface area contributed by atoms with Gasteiger partial charge >= 0.3 is 0 Å². The molecule has 3 heteroatoms. The predicted molar refractivity (Wildman–Crippen MR) is 96.0 cm³/mol. The summed E-state index contributed by atoms with van der Waals surface area (Å²) in [5.41, 5.74) is 0.636. The van der Waals surface area contributed by atoms with Crippen LogP contribution in [-0.2, 0) is 0 Å². The highest BCUT2D eigenvalue weighted by Crippen LogP contribution is 2.48. The molecule has 2 saturated carbocycles. The second-order valence-electron chi connectivity index (χ2n) is 8.36. The average molecular weight is 352 g/mol. The first kappa shape index (κ1) is 18.8. The molecule has 0 spiro atoms. The molecule has 0 saturated heterocycles. The van der Waals surface area contributed by atoms with Gasteiger partial charge in [0, 0.05) is 0 Å². The van der Waals surface area contributed by atoms with Crippen molar-refractivity contribution in [3.63, 3.8) is 0 Å². The summed E-state index contributed by atoms with van der Waals surface area (Å²) < 4.78 is 40.0. The first-order valence-corrected chi connectivity index (χ1v) is 10.2. The maximum atomic E-state index is 13.4. The molecule has 3 rings (SSSR count). The molecule has 1 aromatic carbocycles. The Labute approximate surface area is 150 Å². The van der Waals surface area contributed by atoms with Crippen molar-refractivity contribution in [3.05, 3.63) is 35.1 Å². The molecule has 2 fully saturated rings. The SMILES string of the molecule is CCCCCCC1CC([C@H]2CC[C@H](c3cc(F)c(F)c(F)c3)CC2)C1. The summed E-state index contributed by atoms with van der Waals surface area (Å²) in [6, 6.07) is 2.39. The van der Waals surface area contributed by atoms with Gasteiger partial charge in [0.2, 0.25) is 0 Å². The molecule has 25 heavy (non-hydrogen) atoms. The summed E-state index contributed by atoms with van der Waals surface area (Å²) in [5, 5.41) is 0. The minimum Gasteiger partial charge on any atom is -0.204 e. The molecule has 2 aliphatic carbocycles. The van der Waals surface area contributed by atoms with Crippen molar-refractivity contribution in [2.24, 2.45) is 17.8 Å². The summed E-state index contributed by atoms with van der Waals surface area (Å²) in [6.45, 7) is 2.25. The lowest BCUT2D eigenvalue weighted by molar-refractivity contribution is 0.0864. The molecule has 0 aromatic heterocycles. The summed E-state index contributed by atoms with van der Waals surface area (Å²) in [7, 11) is 0. The molecule has 0 aliphatic heterocycles. The predicted octanol–water partition coefficient (Wildman–Crippen LogP) is 7.37. The molecule has 0 atom stereocenters. The number of benzene rings is 1. The molecule has 2 aliphatic rings. The summed E-state index contributed by atoms with van der Waals surface area (Å²) >= 11 is 0. The molecule has 140 valence electrons. The van der Waals surface area contributed by atoms with E-state index in [-0.39, 0.29) is 5.92 Å². The van der Waals surface area contributed by atoms with Crippen LogP contribution in [0.5, 0.6) is 0 Å². The van der Waals surface area contributed by atoms with Crippen molar-refractivity contribution in [2.45, 2.75) is 83.5 Å². The largest absolute Gasteiger partial charge is 0.204 e. The van der Waals surface area contributed by atoms with Gasteiger partial charge in [-0.2, -0.15) is 0 Å². The standard InChI is InChI=1S/C22H31F3/c1-2-3-4-5-6-15-11-18(12-15)16-7-9-17(10-8-16)19-13-20(23)22(25)21(24)14-19/h13-18H,2-12H2,1H3/t15?,16-,17-,18?. The Hall–Kier alpha value is -0.990. The van der Waals surface area contributed by atoms with E-state index in [1.165, 1.54) is 57.1 Å². The van der Waals surface area contributed by atoms with E-state index < -0.39 is 17.5 Å². The van der Waals surface area contributed by atoms with Crippen molar-refractivity contribution in [2.75, 3.05) is 0 Å². The van der Waals surface area contributed by atoms with Crippen LogP contribution in [0.25, 0.3) is 0 Å². The van der Waals surface area contributed by atoms with E-state index in [0.29, 0.717) is 5.56 Å². The summed E-state index contributed by atoms with van der Waals surface area (Å²) in [5.74, 6) is -0.663. The Balaban J connectivity index is 1.41. The van der Waals surface area contributed by atoms with Crippen molar-refractivity contribution < 1.29 is 13.2 Å². The van der Waals surface area contributed by atoms with Gasteiger partial charge in [0.1, 0.15) is 0 Å². The normalized spacial score (nSPS) is 29.4. The molecule has 0 heterocycles. The van der Waals surface area contributed by atoms with Crippen LogP contribution in [0.15, 0.2) is 12.1 Å². The lowest BCUT2D eigenvalue weighted by Gasteiger charge is -2.43. The van der Waals surface area contributed by atoms with Gasteiger partial charge in [-0.25, -0.2) is 13.2 Å². The van der Waals surface area contributed by atoms with Crippen LogP contribution in [0.3, 0.4) is 0 Å². The van der Waals surface area contributed by atoms with E-state index in [0.717, 1.165) is 43.4 Å². The van der Waals surface area contributed by atoms with Crippen molar-refractivity contribution in [3.8, 4) is 0 Å². The fourth-order valence-electron chi connectivity index (χ4n) is 5.00. The molecule has 1 aromatic rings. The van der Waals surface area contributed by atoms with Crippen molar-refractivity contribution in [1.29, 1.82) is 0 Å². The molecule has 0 bridgehead atoms. The van der Waals surface area contributed by atoms with Gasteiger partial charge in [-0.05, 0) is 79.9 Å². The first-order valence-electron chi connectivity index (χ1n) is 10.2. The second-order valence-corrected chi connectivity index (χ2v) is 8.36. The molecule has 0 unspecified atom stereocenters. The Morgan fingerprint density at radius 1 is 0.840 bits per heavy atom. The lowest BCUT2D eigenvalue weighted by Crippen LogP contribution is -2.32. The molecule has 0 N–H and O–H groups in total. The Morgan fingerprint density at radius 2 is 1.48 bits per heavy atom. The van der Waals surface area contributed by atoms with Crippen LogP contribution in [-0.4, -0.2) is 0 Å². The van der Waals surface area contributed by atoms with Crippen molar-refractivity contribution in [1.82, 2.24) is 0 Å². The van der Waals surface area contributed by atoms with Crippen LogP contribution in [0, 0.1) is 35.2 Å². The highest BCUT2D eigenvalue weighted by Gasteiger charge is 2.36. The monoisotopic (exact) mass is 352 g/mol. The highest BCUT2D eigenvalue weighted by atomic mass is 19.2. The van der Waals surface area contributed by atoms with E-state index in [4.69, 9.17) is 0 Å². The van der Waals surface area contributed by atoms with E-state index in [1.54, 1.807) is 0 Å². The van der Waals surface area contributed by atoms with E-state index >= 15 is 0 Å². The van der Waals surface area contributed by atoms with Gasteiger partial charge in [0.05, 0.1) is 0 Å². The topological polar surface area (TPSA) is 0 Å². The third kappa shape index (κ3) is 4.60. The number of unbranched alkanes of at least 4 members (excludes halogenated alkanes) is 3. The van der Waals surface area contributed by atoms with Crippen LogP contribution in [0.1, 0.15) is 89.0 Å². The number of halogens is 3. The zero-order chi connectivity index (χ0) is 17.8. The maximum absolute atomic E-state index is 13.4. The third-order valence-electron chi connectivity index (χ3n) is 6.65. The third-order valence-corrected chi connectivity index (χ3v) is 6.65. The Kier molecular flexibility index (Phi) is 6.46. The average Bonchev–Trinajstić information content (AvgIpc) is 2.58. The van der Waals surface area contributed by atoms with Gasteiger partial charge in [-0.3, -0.25) is 0 Å². The Bertz CT molecular complexity index is 531. The highest BCUT2D eigenvalue weighted by molar-refractivity contribution is 5.23. The quantitative estimate of drug-likeness (QED) is 0.355. The molecular formula is C22H31F3. The lowest BCUT2D eigenvalue weighted by atomic mass is 9.62. The van der Waals surface area contributed by atoms with Crippen LogP contribution in [0.4, 0.5) is 13.2 Å². The number of hydrogen-bond acceptors (Lipinski definition) is 0. The molecule has 0 nitrogen and oxygen atoms in total. The van der Waals surface area contributed by atoms with E-state index in [9.17, 15) is 13.2 Å². The molecule has 0 radical (unpaired) electrons. The number of rotatable bonds is 7. The smallest absolute Gasteiger partial charge is 0.194 e. The minimum atomic E-state index is -1.35. The van der Waals surface area contributed by atoms with Gasteiger partial charge in [0.15, 0.2) is 17.5 Å². The van der Waals surface area contributed by atoms with Gasteiger partial charge in [-0.1, -0.05) is 39.0 Å². The van der Waals surface area contributed by atoms with E-state index in [2.05, 4.69) is 6.92 Å². The van der Waals surface area contributed by atoms with Gasteiger partial charge < -0.3 is 0 Å². The zero-order valence-corrected chi connectivity index (χ0v) is 15.4. The fourth-order valence-corrected chi connectivity index (χ4v) is 5.00. The minimum absolute atomic E-state index is 0.186. The maximum Gasteiger partial charge on any atom is 0.194 e. The fraction of sp³-hybridized carbons (Fsp3) is 0.727. The van der Waals surface area contributed by atoms with Crippen molar-refractivity contribution >= 4 is 0 Å². The second kappa shape index (κ2) is 8.60. The summed E-state index contributed by atoms with van der Waals surface area (Å²) in [4.78, 5) is 0. The van der Waals surface area contributed by atoms with E-state index in [1.807, 2.05) is 0 Å². The van der Waals surface area contributed by atoms with Gasteiger partial charge in [-0.15, -0.1) is 0 Å². The van der Waals surface area contributed by atoms with Crippen LogP contribution >= 0.6 is 0 Å². The Morgan fingerprint density at radius 3 is 2.08 bits per heavy atom. The summed E-state index contributed by atoms with van der Waals surface area (Å²) in [6.07, 6.45) is 13.9.